The van der Waals surface area contributed by atoms with E-state index in [2.05, 4.69) is 24.3 Å². The van der Waals surface area contributed by atoms with E-state index in [1.807, 2.05) is 67.6 Å². The second-order valence-electron chi connectivity index (χ2n) is 5.58. The third kappa shape index (κ3) is 3.54. The number of carbonyl (C=O) groups is 1. The average Bonchev–Trinajstić information content (AvgIpc) is 2.64. The normalized spacial score (nSPS) is 11.7. The molecule has 0 fully saturated rings. The molecule has 0 N–H and O–H groups in total. The fourth-order valence-electron chi connectivity index (χ4n) is 2.83. The summed E-state index contributed by atoms with van der Waals surface area (Å²) in [7, 11) is 0. The largest absolute Gasteiger partial charge is 0.465 e. The highest BCUT2D eigenvalue weighted by molar-refractivity contribution is 5.82. The molecule has 0 heterocycles. The van der Waals surface area contributed by atoms with Gasteiger partial charge in [0.2, 0.25) is 0 Å². The summed E-state index contributed by atoms with van der Waals surface area (Å²) in [4.78, 5) is 12.5. The molecular formula is C22H20O2. The molecule has 2 nitrogen and oxygen atoms in total. The lowest BCUT2D eigenvalue weighted by atomic mass is 9.90. The molecule has 24 heavy (non-hydrogen) atoms. The van der Waals surface area contributed by atoms with E-state index >= 15 is 0 Å². The third-order valence-corrected chi connectivity index (χ3v) is 4.01. The van der Waals surface area contributed by atoms with Crippen molar-refractivity contribution < 1.29 is 9.53 Å². The minimum atomic E-state index is -0.393. The topological polar surface area (TPSA) is 26.3 Å². The zero-order valence-corrected chi connectivity index (χ0v) is 13.7. The van der Waals surface area contributed by atoms with E-state index in [0.717, 1.165) is 22.3 Å². The molecule has 0 spiro atoms. The van der Waals surface area contributed by atoms with Crippen molar-refractivity contribution in [3.8, 4) is 11.1 Å². The van der Waals surface area contributed by atoms with Gasteiger partial charge >= 0.3 is 5.97 Å². The van der Waals surface area contributed by atoms with E-state index in [0.29, 0.717) is 6.61 Å². The lowest BCUT2D eigenvalue weighted by molar-refractivity contribution is -0.143. The van der Waals surface area contributed by atoms with Gasteiger partial charge in [0.15, 0.2) is 0 Å². The van der Waals surface area contributed by atoms with Gasteiger partial charge in [0.25, 0.3) is 0 Å². The van der Waals surface area contributed by atoms with Crippen LogP contribution >= 0.6 is 0 Å². The van der Waals surface area contributed by atoms with E-state index in [1.165, 1.54) is 0 Å². The molecule has 0 saturated carbocycles. The van der Waals surface area contributed by atoms with Crippen molar-refractivity contribution in [3.05, 3.63) is 96.1 Å². The second-order valence-corrected chi connectivity index (χ2v) is 5.58. The Balaban J connectivity index is 1.95. The summed E-state index contributed by atoms with van der Waals surface area (Å²) in [5.74, 6) is -0.605. The van der Waals surface area contributed by atoms with Crippen LogP contribution in [0.4, 0.5) is 0 Å². The number of hydrogen-bond acceptors (Lipinski definition) is 2. The molecule has 3 aromatic rings. The lowest BCUT2D eigenvalue weighted by Gasteiger charge is -2.17. The Bertz CT molecular complexity index is 777. The Hall–Kier alpha value is -2.87. The molecule has 0 saturated heterocycles. The first-order valence-electron chi connectivity index (χ1n) is 8.16. The van der Waals surface area contributed by atoms with E-state index in [-0.39, 0.29) is 5.97 Å². The van der Waals surface area contributed by atoms with E-state index < -0.39 is 5.92 Å². The van der Waals surface area contributed by atoms with Gasteiger partial charge in [0.05, 0.1) is 6.61 Å². The van der Waals surface area contributed by atoms with E-state index in [9.17, 15) is 4.79 Å². The summed E-state index contributed by atoms with van der Waals surface area (Å²) < 4.78 is 5.29. The highest BCUT2D eigenvalue weighted by Crippen LogP contribution is 2.28. The van der Waals surface area contributed by atoms with Crippen molar-refractivity contribution in [3.63, 3.8) is 0 Å². The van der Waals surface area contributed by atoms with Crippen LogP contribution in [0.15, 0.2) is 84.9 Å². The summed E-state index contributed by atoms with van der Waals surface area (Å²) in [6.45, 7) is 2.21. The molecule has 3 rings (SSSR count). The number of benzene rings is 3. The first-order chi connectivity index (χ1) is 11.8. The fourth-order valence-corrected chi connectivity index (χ4v) is 2.83. The van der Waals surface area contributed by atoms with Gasteiger partial charge in [0.1, 0.15) is 5.92 Å². The molecule has 0 amide bonds. The molecule has 3 aromatic carbocycles. The SMILES string of the molecule is CCOC(=O)[C@@H](c1ccccc1)c1ccc(-c2ccccc2)cc1. The molecule has 0 unspecified atom stereocenters. The molecule has 0 bridgehead atoms. The highest BCUT2D eigenvalue weighted by atomic mass is 16.5. The van der Waals surface area contributed by atoms with Crippen molar-refractivity contribution in [2.75, 3.05) is 6.61 Å². The molecule has 0 aliphatic heterocycles. The molecule has 2 heteroatoms. The Kier molecular flexibility index (Phi) is 5.07. The molecule has 120 valence electrons. The van der Waals surface area contributed by atoms with Crippen molar-refractivity contribution in [2.24, 2.45) is 0 Å². The zero-order valence-electron chi connectivity index (χ0n) is 13.7. The predicted molar refractivity (Wildman–Crippen MR) is 96.8 cm³/mol. The minimum absolute atomic E-state index is 0.212. The fraction of sp³-hybridized carbons (Fsp3) is 0.136. The molecule has 1 atom stereocenters. The lowest BCUT2D eigenvalue weighted by Crippen LogP contribution is -2.17. The Morgan fingerprint density at radius 3 is 1.83 bits per heavy atom. The molecular weight excluding hydrogens is 296 g/mol. The Labute approximate surface area is 142 Å². The van der Waals surface area contributed by atoms with Crippen molar-refractivity contribution in [1.82, 2.24) is 0 Å². The first-order valence-corrected chi connectivity index (χ1v) is 8.16. The van der Waals surface area contributed by atoms with Crippen molar-refractivity contribution in [1.29, 1.82) is 0 Å². The maximum absolute atomic E-state index is 12.5. The summed E-state index contributed by atoms with van der Waals surface area (Å²) in [6, 6.07) is 28.1. The number of esters is 1. The van der Waals surface area contributed by atoms with Gasteiger partial charge in [-0.25, -0.2) is 0 Å². The number of ether oxygens (including phenoxy) is 1. The van der Waals surface area contributed by atoms with Crippen molar-refractivity contribution in [2.45, 2.75) is 12.8 Å². The van der Waals surface area contributed by atoms with E-state index in [4.69, 9.17) is 4.74 Å². The molecule has 0 aliphatic carbocycles. The van der Waals surface area contributed by atoms with Crippen LogP contribution in [0, 0.1) is 0 Å². The van der Waals surface area contributed by atoms with Gasteiger partial charge in [-0.15, -0.1) is 0 Å². The standard InChI is InChI=1S/C22H20O2/c1-2-24-22(23)21(19-11-7-4-8-12-19)20-15-13-18(14-16-20)17-9-5-3-6-10-17/h3-16,21H,2H2,1H3/t21-/m0/s1. The van der Waals surface area contributed by atoms with Gasteiger partial charge in [-0.05, 0) is 29.2 Å². The monoisotopic (exact) mass is 316 g/mol. The molecule has 0 aromatic heterocycles. The van der Waals surface area contributed by atoms with Gasteiger partial charge < -0.3 is 4.74 Å². The predicted octanol–water partition coefficient (Wildman–Crippen LogP) is 5.05. The van der Waals surface area contributed by atoms with Crippen LogP contribution in [0.2, 0.25) is 0 Å². The highest BCUT2D eigenvalue weighted by Gasteiger charge is 2.23. The third-order valence-electron chi connectivity index (χ3n) is 4.01. The maximum Gasteiger partial charge on any atom is 0.317 e. The summed E-state index contributed by atoms with van der Waals surface area (Å²) >= 11 is 0. The van der Waals surface area contributed by atoms with Crippen LogP contribution < -0.4 is 0 Å². The Morgan fingerprint density at radius 2 is 1.25 bits per heavy atom. The number of rotatable bonds is 5. The Morgan fingerprint density at radius 1 is 0.750 bits per heavy atom. The number of hydrogen-bond donors (Lipinski definition) is 0. The minimum Gasteiger partial charge on any atom is -0.465 e. The van der Waals surface area contributed by atoms with Crippen LogP contribution in [0.5, 0.6) is 0 Å². The van der Waals surface area contributed by atoms with Crippen LogP contribution in [0.3, 0.4) is 0 Å². The number of carbonyl (C=O) groups excluding carboxylic acids is 1. The zero-order chi connectivity index (χ0) is 16.8. The van der Waals surface area contributed by atoms with Crippen molar-refractivity contribution >= 4 is 5.97 Å². The maximum atomic E-state index is 12.5. The summed E-state index contributed by atoms with van der Waals surface area (Å²) in [5, 5.41) is 0. The van der Waals surface area contributed by atoms with E-state index in [1.54, 1.807) is 0 Å². The van der Waals surface area contributed by atoms with Crippen LogP contribution in [0.25, 0.3) is 11.1 Å². The van der Waals surface area contributed by atoms with Gasteiger partial charge in [-0.2, -0.15) is 0 Å². The average molecular weight is 316 g/mol. The quantitative estimate of drug-likeness (QED) is 0.616. The van der Waals surface area contributed by atoms with Crippen LogP contribution in [-0.4, -0.2) is 12.6 Å². The van der Waals surface area contributed by atoms with Crippen LogP contribution in [-0.2, 0) is 9.53 Å². The second kappa shape index (κ2) is 7.60. The first kappa shape index (κ1) is 16.0. The van der Waals surface area contributed by atoms with Gasteiger partial charge in [0, 0.05) is 0 Å². The molecule has 0 aliphatic rings. The summed E-state index contributed by atoms with van der Waals surface area (Å²) in [6.07, 6.45) is 0. The van der Waals surface area contributed by atoms with Crippen LogP contribution in [0.1, 0.15) is 24.0 Å². The van der Waals surface area contributed by atoms with Gasteiger partial charge in [-0.1, -0.05) is 84.9 Å². The smallest absolute Gasteiger partial charge is 0.317 e. The van der Waals surface area contributed by atoms with Gasteiger partial charge in [-0.3, -0.25) is 4.79 Å². The molecule has 0 radical (unpaired) electrons. The summed E-state index contributed by atoms with van der Waals surface area (Å²) in [5.41, 5.74) is 4.19.